The van der Waals surface area contributed by atoms with E-state index in [-0.39, 0.29) is 0 Å². The van der Waals surface area contributed by atoms with Gasteiger partial charge >= 0.3 is 0 Å². The van der Waals surface area contributed by atoms with E-state index >= 15 is 0 Å². The van der Waals surface area contributed by atoms with Gasteiger partial charge in [0.1, 0.15) is 0 Å². The molecule has 0 radical (unpaired) electrons. The molecule has 0 unspecified atom stereocenters. The molecule has 0 saturated heterocycles. The maximum absolute atomic E-state index is 9.28. The first kappa shape index (κ1) is 11.8. The molecule has 1 aliphatic rings. The summed E-state index contributed by atoms with van der Waals surface area (Å²) in [5.41, 5.74) is 7.99. The Balaban J connectivity index is 2.58. The van der Waals surface area contributed by atoms with Crippen molar-refractivity contribution in [3.63, 3.8) is 0 Å². The number of aromatic nitrogens is 1. The SMILES string of the molecule is CC1=C(C#N)C=Cn2c(C)c(C)c3cc(C)cc1c32. The molecule has 0 aliphatic carbocycles. The predicted octanol–water partition coefficient (Wildman–Crippen LogP) is 4.35. The summed E-state index contributed by atoms with van der Waals surface area (Å²) in [6.45, 7) is 8.44. The molecule has 2 aromatic rings. The molecule has 0 bridgehead atoms. The third-order valence-electron chi connectivity index (χ3n) is 4.12. The summed E-state index contributed by atoms with van der Waals surface area (Å²) in [6.07, 6.45) is 3.93. The minimum Gasteiger partial charge on any atom is -0.320 e. The molecule has 2 heterocycles. The minimum absolute atomic E-state index is 0.743. The van der Waals surface area contributed by atoms with Crippen molar-refractivity contribution in [2.24, 2.45) is 0 Å². The molecule has 0 saturated carbocycles. The number of hydrogen-bond acceptors (Lipinski definition) is 1. The van der Waals surface area contributed by atoms with E-state index in [2.05, 4.69) is 43.5 Å². The molecule has 1 aromatic heterocycles. The molecule has 94 valence electrons. The van der Waals surface area contributed by atoms with E-state index < -0.39 is 0 Å². The summed E-state index contributed by atoms with van der Waals surface area (Å²) in [4.78, 5) is 0. The Kier molecular flexibility index (Phi) is 2.40. The molecule has 0 amide bonds. The largest absolute Gasteiger partial charge is 0.320 e. The van der Waals surface area contributed by atoms with E-state index in [1.807, 2.05) is 19.2 Å². The second kappa shape index (κ2) is 3.86. The van der Waals surface area contributed by atoms with Gasteiger partial charge in [-0.25, -0.2) is 0 Å². The van der Waals surface area contributed by atoms with Crippen molar-refractivity contribution in [1.82, 2.24) is 4.57 Å². The summed E-state index contributed by atoms with van der Waals surface area (Å²) in [6, 6.07) is 6.70. The number of nitriles is 1. The zero-order valence-corrected chi connectivity index (χ0v) is 11.7. The molecule has 0 atom stereocenters. The molecule has 0 fully saturated rings. The first-order chi connectivity index (χ1) is 9.04. The van der Waals surface area contributed by atoms with E-state index in [9.17, 15) is 5.26 Å². The highest BCUT2D eigenvalue weighted by Gasteiger charge is 2.18. The fourth-order valence-electron chi connectivity index (χ4n) is 2.88. The van der Waals surface area contributed by atoms with Crippen LogP contribution in [0.4, 0.5) is 0 Å². The molecule has 0 spiro atoms. The molecule has 1 aliphatic heterocycles. The van der Waals surface area contributed by atoms with Crippen molar-refractivity contribution < 1.29 is 0 Å². The van der Waals surface area contributed by atoms with Gasteiger partial charge in [0.2, 0.25) is 0 Å². The van der Waals surface area contributed by atoms with Crippen molar-refractivity contribution in [1.29, 1.82) is 5.26 Å². The Morgan fingerprint density at radius 3 is 2.53 bits per heavy atom. The van der Waals surface area contributed by atoms with Crippen LogP contribution in [0.1, 0.15) is 29.3 Å². The van der Waals surface area contributed by atoms with Crippen LogP contribution in [-0.4, -0.2) is 4.57 Å². The molecule has 0 N–H and O–H groups in total. The first-order valence-electron chi connectivity index (χ1n) is 6.46. The van der Waals surface area contributed by atoms with Crippen LogP contribution in [-0.2, 0) is 0 Å². The lowest BCUT2D eigenvalue weighted by Crippen LogP contribution is -1.91. The standard InChI is InChI=1S/C17H16N2/c1-10-7-15-11(2)13(4)19-6-5-14(9-18)12(3)16(8-10)17(15)19/h5-8H,1-4H3. The fourth-order valence-corrected chi connectivity index (χ4v) is 2.88. The van der Waals surface area contributed by atoms with E-state index in [4.69, 9.17) is 0 Å². The second-order valence-corrected chi connectivity index (χ2v) is 5.26. The summed E-state index contributed by atoms with van der Waals surface area (Å²) >= 11 is 0. The molecule has 2 heteroatoms. The van der Waals surface area contributed by atoms with Crippen LogP contribution in [0.25, 0.3) is 22.7 Å². The Bertz CT molecular complexity index is 808. The summed E-state index contributed by atoms with van der Waals surface area (Å²) < 4.78 is 2.20. The van der Waals surface area contributed by atoms with Gasteiger partial charge in [-0.1, -0.05) is 0 Å². The van der Waals surface area contributed by atoms with Crippen LogP contribution in [0.2, 0.25) is 0 Å². The normalized spacial score (nSPS) is 13.8. The second-order valence-electron chi connectivity index (χ2n) is 5.26. The van der Waals surface area contributed by atoms with E-state index in [1.54, 1.807) is 0 Å². The van der Waals surface area contributed by atoms with Gasteiger partial charge in [0.25, 0.3) is 0 Å². The Labute approximate surface area is 113 Å². The van der Waals surface area contributed by atoms with Crippen molar-refractivity contribution in [2.75, 3.05) is 0 Å². The highest BCUT2D eigenvalue weighted by Crippen LogP contribution is 2.36. The van der Waals surface area contributed by atoms with Gasteiger partial charge < -0.3 is 4.57 Å². The van der Waals surface area contributed by atoms with Gasteiger partial charge in [0.15, 0.2) is 0 Å². The highest BCUT2D eigenvalue weighted by atomic mass is 15.0. The maximum atomic E-state index is 9.28. The van der Waals surface area contributed by atoms with Gasteiger partial charge in [0.05, 0.1) is 17.2 Å². The van der Waals surface area contributed by atoms with Crippen LogP contribution in [0.3, 0.4) is 0 Å². The quantitative estimate of drug-likeness (QED) is 0.681. The van der Waals surface area contributed by atoms with Crippen molar-refractivity contribution in [3.05, 3.63) is 46.2 Å². The topological polar surface area (TPSA) is 28.7 Å². The lowest BCUT2D eigenvalue weighted by Gasteiger charge is -2.08. The van der Waals surface area contributed by atoms with Gasteiger partial charge in [-0.2, -0.15) is 5.26 Å². The number of benzene rings is 1. The van der Waals surface area contributed by atoms with E-state index in [0.29, 0.717) is 0 Å². The Morgan fingerprint density at radius 1 is 1.11 bits per heavy atom. The van der Waals surface area contributed by atoms with Crippen LogP contribution >= 0.6 is 0 Å². The van der Waals surface area contributed by atoms with Gasteiger partial charge in [-0.15, -0.1) is 0 Å². The van der Waals surface area contributed by atoms with Crippen LogP contribution in [0.5, 0.6) is 0 Å². The average Bonchev–Trinajstić information content (AvgIpc) is 2.55. The van der Waals surface area contributed by atoms with Gasteiger partial charge in [-0.05, 0) is 62.6 Å². The zero-order chi connectivity index (χ0) is 13.7. The smallest absolute Gasteiger partial charge is 0.0995 e. The monoisotopic (exact) mass is 248 g/mol. The number of aryl methyl sites for hydroxylation is 2. The maximum Gasteiger partial charge on any atom is 0.0995 e. The molecule has 2 nitrogen and oxygen atoms in total. The first-order valence-corrected chi connectivity index (χ1v) is 6.46. The number of allylic oxidation sites excluding steroid dienone is 3. The van der Waals surface area contributed by atoms with Crippen LogP contribution in [0, 0.1) is 32.1 Å². The van der Waals surface area contributed by atoms with Gasteiger partial charge in [-0.3, -0.25) is 0 Å². The molecular weight excluding hydrogens is 232 g/mol. The van der Waals surface area contributed by atoms with Crippen molar-refractivity contribution in [3.8, 4) is 6.07 Å². The lowest BCUT2D eigenvalue weighted by molar-refractivity contribution is 1.11. The van der Waals surface area contributed by atoms with Crippen molar-refractivity contribution in [2.45, 2.75) is 27.7 Å². The van der Waals surface area contributed by atoms with Gasteiger partial charge in [0, 0.05) is 22.8 Å². The zero-order valence-electron chi connectivity index (χ0n) is 11.7. The molecular formula is C17H16N2. The molecule has 3 rings (SSSR count). The van der Waals surface area contributed by atoms with E-state index in [1.165, 1.54) is 33.3 Å². The van der Waals surface area contributed by atoms with Crippen molar-refractivity contribution >= 4 is 22.7 Å². The average molecular weight is 248 g/mol. The summed E-state index contributed by atoms with van der Waals surface area (Å²) in [7, 11) is 0. The Hall–Kier alpha value is -2.27. The third-order valence-corrected chi connectivity index (χ3v) is 4.12. The third kappa shape index (κ3) is 1.48. The number of rotatable bonds is 0. The molecule has 1 aromatic carbocycles. The summed E-state index contributed by atoms with van der Waals surface area (Å²) in [5.74, 6) is 0. The predicted molar refractivity (Wildman–Crippen MR) is 79.7 cm³/mol. The van der Waals surface area contributed by atoms with E-state index in [0.717, 1.165) is 11.1 Å². The number of hydrogen-bond donors (Lipinski definition) is 0. The number of nitrogens with zero attached hydrogens (tertiary/aromatic N) is 2. The van der Waals surface area contributed by atoms with Crippen LogP contribution < -0.4 is 0 Å². The minimum atomic E-state index is 0.743. The Morgan fingerprint density at radius 2 is 1.84 bits per heavy atom. The lowest BCUT2D eigenvalue weighted by atomic mass is 9.97. The summed E-state index contributed by atoms with van der Waals surface area (Å²) in [5, 5.41) is 10.6. The molecule has 19 heavy (non-hydrogen) atoms. The highest BCUT2D eigenvalue weighted by molar-refractivity contribution is 5.99. The fraction of sp³-hybridized carbons (Fsp3) is 0.235. The van der Waals surface area contributed by atoms with Crippen LogP contribution in [0.15, 0.2) is 23.8 Å².